The van der Waals surface area contributed by atoms with Gasteiger partial charge in [0, 0.05) is 44.4 Å². The summed E-state index contributed by atoms with van der Waals surface area (Å²) in [5.74, 6) is -1.21. The zero-order chi connectivity index (χ0) is 24.6. The van der Waals surface area contributed by atoms with Gasteiger partial charge in [0.25, 0.3) is 0 Å². The number of carbonyl (C=O) groups is 3. The van der Waals surface area contributed by atoms with E-state index in [4.69, 9.17) is 33.2 Å². The molecule has 0 radical (unpaired) electrons. The molecule has 2 atom stereocenters. The van der Waals surface area contributed by atoms with Crippen molar-refractivity contribution >= 4 is 17.5 Å². The molecule has 2 aromatic carbocycles. The van der Waals surface area contributed by atoms with Gasteiger partial charge in [-0.05, 0) is 24.6 Å². The zero-order valence-electron chi connectivity index (χ0n) is 19.4. The maximum absolute atomic E-state index is 13.7. The van der Waals surface area contributed by atoms with Gasteiger partial charge in [-0.1, -0.05) is 0 Å². The van der Waals surface area contributed by atoms with Crippen molar-refractivity contribution in [3.05, 3.63) is 41.0 Å². The van der Waals surface area contributed by atoms with Crippen molar-refractivity contribution in [3.63, 3.8) is 0 Å². The molecule has 0 bridgehead atoms. The number of methoxy groups -OCH3 is 3. The number of carbonyl (C=O) groups excluding carboxylic acids is 3. The van der Waals surface area contributed by atoms with Gasteiger partial charge in [-0.3, -0.25) is 14.4 Å². The minimum atomic E-state index is -1.85. The van der Waals surface area contributed by atoms with Gasteiger partial charge in [0.2, 0.25) is 11.4 Å². The van der Waals surface area contributed by atoms with E-state index in [1.807, 2.05) is 0 Å². The number of fused-ring (bicyclic) bond motifs is 5. The van der Waals surface area contributed by atoms with Gasteiger partial charge >= 0.3 is 5.97 Å². The molecule has 0 spiro atoms. The molecular formula is C24H24O10. The lowest BCUT2D eigenvalue weighted by Gasteiger charge is -2.24. The highest BCUT2D eigenvalue weighted by Gasteiger charge is 2.65. The molecule has 4 rings (SSSR count). The van der Waals surface area contributed by atoms with E-state index < -0.39 is 29.1 Å². The van der Waals surface area contributed by atoms with E-state index in [1.165, 1.54) is 47.3 Å². The number of esters is 1. The van der Waals surface area contributed by atoms with Crippen molar-refractivity contribution in [3.8, 4) is 28.7 Å². The third-order valence-electron chi connectivity index (χ3n) is 5.72. The summed E-state index contributed by atoms with van der Waals surface area (Å²) in [6.45, 7) is 2.42. The molecule has 180 valence electrons. The SMILES string of the molecule is COCOc1cc(OCOC)c2c(c1)O[C@@]1(C(C)=O)C(=O)c3cc(OC)c(OC(C)=O)cc3[C@@H]21. The first-order chi connectivity index (χ1) is 16.3. The number of hydrogen-bond acceptors (Lipinski definition) is 10. The summed E-state index contributed by atoms with van der Waals surface area (Å²) in [5.41, 5.74) is -0.696. The molecule has 0 saturated heterocycles. The van der Waals surface area contributed by atoms with Crippen molar-refractivity contribution < 1.29 is 47.5 Å². The van der Waals surface area contributed by atoms with Crippen LogP contribution in [0.1, 0.15) is 41.3 Å². The number of benzene rings is 2. The Labute approximate surface area is 195 Å². The average Bonchev–Trinajstić information content (AvgIpc) is 3.26. The van der Waals surface area contributed by atoms with Crippen molar-refractivity contribution in [1.29, 1.82) is 0 Å². The summed E-state index contributed by atoms with van der Waals surface area (Å²) in [4.78, 5) is 38.3. The average molecular weight is 472 g/mol. The Hall–Kier alpha value is -3.63. The van der Waals surface area contributed by atoms with Crippen LogP contribution in [0.15, 0.2) is 24.3 Å². The number of rotatable bonds is 9. The van der Waals surface area contributed by atoms with Crippen LogP contribution in [0.5, 0.6) is 28.7 Å². The quantitative estimate of drug-likeness (QED) is 0.233. The number of ether oxygens (including phenoxy) is 7. The number of ketones is 2. The Bertz CT molecular complexity index is 1170. The topological polar surface area (TPSA) is 116 Å². The maximum Gasteiger partial charge on any atom is 0.308 e. The normalized spacial score (nSPS) is 19.6. The zero-order valence-corrected chi connectivity index (χ0v) is 19.4. The lowest BCUT2D eigenvalue weighted by molar-refractivity contribution is -0.132. The first-order valence-electron chi connectivity index (χ1n) is 10.3. The fourth-order valence-corrected chi connectivity index (χ4v) is 4.43. The summed E-state index contributed by atoms with van der Waals surface area (Å²) in [7, 11) is 4.33. The predicted molar refractivity (Wildman–Crippen MR) is 116 cm³/mol. The Balaban J connectivity index is 1.96. The minimum absolute atomic E-state index is 0.0307. The Morgan fingerprint density at radius 2 is 1.65 bits per heavy atom. The Kier molecular flexibility index (Phi) is 6.20. The largest absolute Gasteiger partial charge is 0.493 e. The van der Waals surface area contributed by atoms with Crippen molar-refractivity contribution in [2.45, 2.75) is 25.4 Å². The molecule has 0 saturated carbocycles. The second kappa shape index (κ2) is 8.96. The van der Waals surface area contributed by atoms with Gasteiger partial charge in [-0.15, -0.1) is 0 Å². The van der Waals surface area contributed by atoms with E-state index in [0.29, 0.717) is 22.6 Å². The molecule has 1 aliphatic carbocycles. The second-order valence-corrected chi connectivity index (χ2v) is 7.77. The van der Waals surface area contributed by atoms with Gasteiger partial charge in [0.05, 0.1) is 13.0 Å². The molecule has 10 heteroatoms. The predicted octanol–water partition coefficient (Wildman–Crippen LogP) is 2.63. The van der Waals surface area contributed by atoms with Gasteiger partial charge in [0.1, 0.15) is 17.2 Å². The van der Waals surface area contributed by atoms with Gasteiger partial charge in [-0.25, -0.2) is 0 Å². The van der Waals surface area contributed by atoms with Gasteiger partial charge < -0.3 is 33.2 Å². The molecule has 10 nitrogen and oxygen atoms in total. The van der Waals surface area contributed by atoms with E-state index in [2.05, 4.69) is 0 Å². The standard InChI is InChI=1S/C24H24O10/c1-12(25)24-22(15-8-18(33-13(2)26)17(30-5)9-16(15)23(24)27)21-19(32-11-29-4)6-14(31-10-28-3)7-20(21)34-24/h6-9,22H,10-11H2,1-5H3/t22-,24+/m0/s1. The molecule has 2 aliphatic rings. The molecule has 0 fully saturated rings. The first kappa shape index (κ1) is 23.5. The third-order valence-corrected chi connectivity index (χ3v) is 5.72. The summed E-state index contributed by atoms with van der Waals surface area (Å²) in [6.07, 6.45) is 0. The van der Waals surface area contributed by atoms with Crippen LogP contribution in [0.3, 0.4) is 0 Å². The lowest BCUT2D eigenvalue weighted by Crippen LogP contribution is -2.48. The van der Waals surface area contributed by atoms with E-state index in [0.717, 1.165) is 0 Å². The van der Waals surface area contributed by atoms with Crippen LogP contribution in [0.25, 0.3) is 0 Å². The second-order valence-electron chi connectivity index (χ2n) is 7.77. The summed E-state index contributed by atoms with van der Waals surface area (Å²) >= 11 is 0. The Morgan fingerprint density at radius 1 is 0.941 bits per heavy atom. The van der Waals surface area contributed by atoms with E-state index in [9.17, 15) is 14.4 Å². The number of hydrogen-bond donors (Lipinski definition) is 0. The van der Waals surface area contributed by atoms with Crippen molar-refractivity contribution in [1.82, 2.24) is 0 Å². The molecule has 2 aromatic rings. The van der Waals surface area contributed by atoms with Gasteiger partial charge in [0.15, 0.2) is 30.9 Å². The summed E-state index contributed by atoms with van der Waals surface area (Å²) in [5, 5.41) is 0. The van der Waals surface area contributed by atoms with Crippen LogP contribution in [-0.2, 0) is 19.1 Å². The molecule has 0 N–H and O–H groups in total. The number of Topliss-reactive ketones (excluding diaryl/α,β-unsaturated/α-hetero) is 2. The van der Waals surface area contributed by atoms with E-state index in [1.54, 1.807) is 12.1 Å². The van der Waals surface area contributed by atoms with Crippen LogP contribution < -0.4 is 23.7 Å². The fourth-order valence-electron chi connectivity index (χ4n) is 4.43. The van der Waals surface area contributed by atoms with Crippen LogP contribution in [-0.4, -0.2) is 58.1 Å². The summed E-state index contributed by atoms with van der Waals surface area (Å²) < 4.78 is 38.1. The maximum atomic E-state index is 13.7. The van der Waals surface area contributed by atoms with Crippen LogP contribution in [0.2, 0.25) is 0 Å². The van der Waals surface area contributed by atoms with Crippen LogP contribution in [0.4, 0.5) is 0 Å². The highest BCUT2D eigenvalue weighted by molar-refractivity contribution is 6.23. The smallest absolute Gasteiger partial charge is 0.308 e. The highest BCUT2D eigenvalue weighted by atomic mass is 16.7. The van der Waals surface area contributed by atoms with Crippen LogP contribution in [0, 0.1) is 0 Å². The first-order valence-corrected chi connectivity index (χ1v) is 10.3. The molecule has 1 heterocycles. The monoisotopic (exact) mass is 472 g/mol. The minimum Gasteiger partial charge on any atom is -0.493 e. The van der Waals surface area contributed by atoms with Crippen molar-refractivity contribution in [2.24, 2.45) is 0 Å². The van der Waals surface area contributed by atoms with Crippen molar-refractivity contribution in [2.75, 3.05) is 34.9 Å². The molecule has 1 aliphatic heterocycles. The molecule has 34 heavy (non-hydrogen) atoms. The van der Waals surface area contributed by atoms with E-state index in [-0.39, 0.29) is 36.4 Å². The molecule has 0 aromatic heterocycles. The van der Waals surface area contributed by atoms with Gasteiger partial charge in [-0.2, -0.15) is 0 Å². The lowest BCUT2D eigenvalue weighted by atomic mass is 9.81. The highest BCUT2D eigenvalue weighted by Crippen LogP contribution is 2.60. The van der Waals surface area contributed by atoms with E-state index >= 15 is 0 Å². The fraction of sp³-hybridized carbons (Fsp3) is 0.375. The molecule has 0 amide bonds. The summed E-state index contributed by atoms with van der Waals surface area (Å²) in [6, 6.07) is 6.15. The molecule has 0 unspecified atom stereocenters. The Morgan fingerprint density at radius 3 is 2.26 bits per heavy atom. The molecular weight excluding hydrogens is 448 g/mol. The third kappa shape index (κ3) is 3.55. The van der Waals surface area contributed by atoms with Crippen LogP contribution >= 0.6 is 0 Å².